The fraction of sp³-hybridized carbons (Fsp3) is 0.0500. The summed E-state index contributed by atoms with van der Waals surface area (Å²) in [5.41, 5.74) is 3.42. The van der Waals surface area contributed by atoms with E-state index in [1.54, 1.807) is 24.4 Å². The molecule has 0 unspecified atom stereocenters. The maximum absolute atomic E-state index is 9.74. The molecular weight excluding hydrogens is 312 g/mol. The Balaban J connectivity index is 1.74. The number of aromatic nitrogens is 3. The fourth-order valence-electron chi connectivity index (χ4n) is 2.75. The number of hydrogen-bond donors (Lipinski definition) is 2. The molecular formula is C20H16N4O. The summed E-state index contributed by atoms with van der Waals surface area (Å²) in [5.74, 6) is 0.839. The zero-order chi connectivity index (χ0) is 17.1. The molecule has 0 spiro atoms. The average molecular weight is 328 g/mol. The molecule has 0 amide bonds. The van der Waals surface area contributed by atoms with E-state index in [1.165, 1.54) is 0 Å². The van der Waals surface area contributed by atoms with Crippen LogP contribution in [0.3, 0.4) is 0 Å². The van der Waals surface area contributed by atoms with Crippen molar-refractivity contribution in [2.45, 2.75) is 6.54 Å². The molecule has 0 saturated carbocycles. The van der Waals surface area contributed by atoms with Gasteiger partial charge in [-0.15, -0.1) is 10.2 Å². The third kappa shape index (κ3) is 3.12. The molecule has 0 bridgehead atoms. The number of fused-ring (bicyclic) bond motifs is 1. The van der Waals surface area contributed by atoms with E-state index in [2.05, 4.69) is 32.6 Å². The minimum absolute atomic E-state index is 0.197. The summed E-state index contributed by atoms with van der Waals surface area (Å²) in [6.07, 6.45) is 1.74. The first-order valence-electron chi connectivity index (χ1n) is 8.00. The normalized spacial score (nSPS) is 10.7. The molecule has 0 aliphatic heterocycles. The zero-order valence-corrected chi connectivity index (χ0v) is 13.4. The van der Waals surface area contributed by atoms with Crippen LogP contribution in [-0.4, -0.2) is 20.3 Å². The zero-order valence-electron chi connectivity index (χ0n) is 13.4. The first kappa shape index (κ1) is 15.1. The lowest BCUT2D eigenvalue weighted by Gasteiger charge is -2.10. The predicted octanol–water partition coefficient (Wildman–Crippen LogP) is 4.01. The third-order valence-electron chi connectivity index (χ3n) is 3.96. The number of nitrogens with zero attached hydrogens (tertiary/aromatic N) is 3. The molecule has 2 aromatic heterocycles. The van der Waals surface area contributed by atoms with Crippen LogP contribution in [0.25, 0.3) is 22.2 Å². The highest BCUT2D eigenvalue weighted by molar-refractivity contribution is 5.97. The largest absolute Gasteiger partial charge is 0.508 e. The van der Waals surface area contributed by atoms with Crippen LogP contribution in [0.1, 0.15) is 5.56 Å². The van der Waals surface area contributed by atoms with E-state index in [0.717, 1.165) is 22.0 Å². The van der Waals surface area contributed by atoms with Gasteiger partial charge in [0.2, 0.25) is 0 Å². The van der Waals surface area contributed by atoms with Gasteiger partial charge in [-0.3, -0.25) is 4.98 Å². The topological polar surface area (TPSA) is 70.9 Å². The molecule has 25 heavy (non-hydrogen) atoms. The quantitative estimate of drug-likeness (QED) is 0.592. The summed E-state index contributed by atoms with van der Waals surface area (Å²) in [6.45, 7) is 0.646. The molecule has 4 rings (SSSR count). The van der Waals surface area contributed by atoms with Crippen LogP contribution in [0.15, 0.2) is 72.9 Å². The van der Waals surface area contributed by atoms with Crippen molar-refractivity contribution < 1.29 is 5.11 Å². The van der Waals surface area contributed by atoms with Crippen molar-refractivity contribution in [3.63, 3.8) is 0 Å². The number of hydrogen-bond acceptors (Lipinski definition) is 5. The highest BCUT2D eigenvalue weighted by atomic mass is 16.3. The van der Waals surface area contributed by atoms with Gasteiger partial charge in [0.25, 0.3) is 0 Å². The number of rotatable bonds is 4. The van der Waals surface area contributed by atoms with Gasteiger partial charge in [0.05, 0.1) is 0 Å². The Bertz CT molecular complexity index is 1020. The van der Waals surface area contributed by atoms with Crippen molar-refractivity contribution in [2.24, 2.45) is 0 Å². The summed E-state index contributed by atoms with van der Waals surface area (Å²) >= 11 is 0. The molecule has 0 atom stereocenters. The van der Waals surface area contributed by atoms with Crippen LogP contribution < -0.4 is 5.32 Å². The average Bonchev–Trinajstić information content (AvgIpc) is 2.67. The molecule has 0 aliphatic carbocycles. The molecule has 5 nitrogen and oxygen atoms in total. The Morgan fingerprint density at radius 2 is 1.76 bits per heavy atom. The third-order valence-corrected chi connectivity index (χ3v) is 3.96. The Morgan fingerprint density at radius 3 is 2.60 bits per heavy atom. The summed E-state index contributed by atoms with van der Waals surface area (Å²) in [5, 5.41) is 22.6. The van der Waals surface area contributed by atoms with Crippen molar-refractivity contribution in [1.29, 1.82) is 0 Å². The van der Waals surface area contributed by atoms with Crippen LogP contribution >= 0.6 is 0 Å². The lowest BCUT2D eigenvalue weighted by molar-refractivity contribution is 0.475. The van der Waals surface area contributed by atoms with E-state index in [9.17, 15) is 5.11 Å². The molecule has 0 fully saturated rings. The van der Waals surface area contributed by atoms with Gasteiger partial charge < -0.3 is 10.4 Å². The molecule has 0 radical (unpaired) electrons. The number of nitrogens with one attached hydrogen (secondary N) is 1. The number of phenols is 1. The maximum Gasteiger partial charge on any atom is 0.175 e. The molecule has 2 heterocycles. The first-order valence-corrected chi connectivity index (χ1v) is 8.00. The molecule has 0 saturated heterocycles. The van der Waals surface area contributed by atoms with Crippen molar-refractivity contribution >= 4 is 16.7 Å². The van der Waals surface area contributed by atoms with Gasteiger partial charge in [-0.2, -0.15) is 0 Å². The number of anilines is 1. The second-order valence-electron chi connectivity index (χ2n) is 5.69. The van der Waals surface area contributed by atoms with Crippen LogP contribution in [0.4, 0.5) is 5.82 Å². The van der Waals surface area contributed by atoms with Crippen molar-refractivity contribution in [3.05, 3.63) is 78.5 Å². The van der Waals surface area contributed by atoms with E-state index >= 15 is 0 Å². The van der Waals surface area contributed by atoms with E-state index in [0.29, 0.717) is 18.1 Å². The highest BCUT2D eigenvalue weighted by Crippen LogP contribution is 2.29. The Hall–Kier alpha value is -3.47. The van der Waals surface area contributed by atoms with Crippen molar-refractivity contribution in [1.82, 2.24) is 15.2 Å². The van der Waals surface area contributed by atoms with Gasteiger partial charge in [-0.05, 0) is 29.8 Å². The van der Waals surface area contributed by atoms with Crippen LogP contribution in [0.5, 0.6) is 5.75 Å². The van der Waals surface area contributed by atoms with Crippen LogP contribution in [0.2, 0.25) is 0 Å². The van der Waals surface area contributed by atoms with E-state index in [1.807, 2.05) is 36.4 Å². The number of benzene rings is 2. The molecule has 2 N–H and O–H groups in total. The Kier molecular flexibility index (Phi) is 3.96. The summed E-state index contributed by atoms with van der Waals surface area (Å²) in [4.78, 5) is 4.47. The predicted molar refractivity (Wildman–Crippen MR) is 98.2 cm³/mol. The second-order valence-corrected chi connectivity index (χ2v) is 5.69. The van der Waals surface area contributed by atoms with Gasteiger partial charge in [0.1, 0.15) is 17.0 Å². The Morgan fingerprint density at radius 1 is 0.880 bits per heavy atom. The molecule has 5 heteroatoms. The lowest BCUT2D eigenvalue weighted by atomic mass is 10.1. The molecule has 2 aromatic carbocycles. The number of phenolic OH excluding ortho intramolecular Hbond substituents is 1. The van der Waals surface area contributed by atoms with Crippen LogP contribution in [0, 0.1) is 0 Å². The van der Waals surface area contributed by atoms with Crippen molar-refractivity contribution in [2.75, 3.05) is 5.32 Å². The maximum atomic E-state index is 9.74. The van der Waals surface area contributed by atoms with Gasteiger partial charge >= 0.3 is 0 Å². The van der Waals surface area contributed by atoms with Crippen molar-refractivity contribution in [3.8, 4) is 17.0 Å². The summed E-state index contributed by atoms with van der Waals surface area (Å²) < 4.78 is 0. The van der Waals surface area contributed by atoms with Gasteiger partial charge in [-0.1, -0.05) is 42.5 Å². The number of aromatic hydroxyl groups is 1. The fourth-order valence-corrected chi connectivity index (χ4v) is 2.75. The standard InChI is InChI=1S/C20H16N4O/c25-16-9-4-8-15(12-16)18-17-10-5-11-21-19(17)20(24-23-18)22-13-14-6-2-1-3-7-14/h1-12,25H,13H2,(H,22,24). The minimum Gasteiger partial charge on any atom is -0.508 e. The highest BCUT2D eigenvalue weighted by Gasteiger charge is 2.12. The molecule has 4 aromatic rings. The monoisotopic (exact) mass is 328 g/mol. The van der Waals surface area contributed by atoms with Gasteiger partial charge in [0, 0.05) is 23.7 Å². The summed E-state index contributed by atoms with van der Waals surface area (Å²) in [7, 11) is 0. The smallest absolute Gasteiger partial charge is 0.175 e. The minimum atomic E-state index is 0.197. The summed E-state index contributed by atoms with van der Waals surface area (Å²) in [6, 6.07) is 20.9. The number of pyridine rings is 1. The lowest BCUT2D eigenvalue weighted by Crippen LogP contribution is -2.05. The molecule has 122 valence electrons. The van der Waals surface area contributed by atoms with E-state index in [4.69, 9.17) is 0 Å². The van der Waals surface area contributed by atoms with Gasteiger partial charge in [-0.25, -0.2) is 0 Å². The second kappa shape index (κ2) is 6.57. The van der Waals surface area contributed by atoms with Gasteiger partial charge in [0.15, 0.2) is 5.82 Å². The Labute approximate surface area is 145 Å². The van der Waals surface area contributed by atoms with E-state index in [-0.39, 0.29) is 5.75 Å². The molecule has 0 aliphatic rings. The van der Waals surface area contributed by atoms with Crippen LogP contribution in [-0.2, 0) is 6.54 Å². The van der Waals surface area contributed by atoms with E-state index < -0.39 is 0 Å². The first-order chi connectivity index (χ1) is 12.3. The SMILES string of the molecule is Oc1cccc(-c2nnc(NCc3ccccc3)c3ncccc23)c1.